The Labute approximate surface area is 137 Å². The predicted molar refractivity (Wildman–Crippen MR) is 94.3 cm³/mol. The molecule has 0 bridgehead atoms. The Morgan fingerprint density at radius 3 is 2.71 bits per heavy atom. The normalized spacial score (nSPS) is 20.8. The van der Waals surface area contributed by atoms with Crippen molar-refractivity contribution in [1.29, 1.82) is 0 Å². The Hall–Kier alpha value is -1.14. The van der Waals surface area contributed by atoms with Crippen LogP contribution in [0.25, 0.3) is 10.8 Å². The highest BCUT2D eigenvalue weighted by atomic mass is 127. The molecule has 0 aliphatic carbocycles. The minimum atomic E-state index is 0.0265. The summed E-state index contributed by atoms with van der Waals surface area (Å²) in [7, 11) is 2.19. The van der Waals surface area contributed by atoms with Gasteiger partial charge in [0.05, 0.1) is 3.42 Å². The first-order chi connectivity index (χ1) is 10.1. The van der Waals surface area contributed by atoms with Gasteiger partial charge in [0.1, 0.15) is 0 Å². The van der Waals surface area contributed by atoms with Crippen molar-refractivity contribution in [3.05, 3.63) is 41.5 Å². The number of piperidine rings is 1. The minimum absolute atomic E-state index is 0.0265. The quantitative estimate of drug-likeness (QED) is 0.592. The lowest BCUT2D eigenvalue weighted by molar-refractivity contribution is 0.103. The number of hydrogen-bond donors (Lipinski definition) is 1. The molecule has 0 unspecified atom stereocenters. The maximum absolute atomic E-state index is 12.0. The van der Waals surface area contributed by atoms with Crippen LogP contribution in [0.1, 0.15) is 28.8 Å². The summed E-state index contributed by atoms with van der Waals surface area (Å²) >= 11 is 2.63. The fraction of sp³-hybridized carbons (Fsp3) is 0.353. The number of benzene rings is 2. The molecule has 0 spiro atoms. The van der Waals surface area contributed by atoms with E-state index < -0.39 is 0 Å². The number of likely N-dealkylation sites (tertiary alicyclic amines) is 1. The molecule has 0 atom stereocenters. The molecule has 2 aliphatic rings. The standard InChI is InChI=1S/C17H17IN2O/c1-20-9-7-17(18,8-10-20)13-6-5-12-15-11(13)3-2-4-14(15)19-16(12)21/h2-6H,7-10H2,1H3,(H,19,21). The number of alkyl halides is 1. The fourth-order valence-corrected chi connectivity index (χ4v) is 4.48. The molecule has 2 aromatic carbocycles. The van der Waals surface area contributed by atoms with Crippen molar-refractivity contribution >= 4 is 45.0 Å². The van der Waals surface area contributed by atoms with Crippen molar-refractivity contribution in [2.75, 3.05) is 25.5 Å². The van der Waals surface area contributed by atoms with E-state index in [1.54, 1.807) is 0 Å². The van der Waals surface area contributed by atoms with Gasteiger partial charge in [-0.15, -0.1) is 0 Å². The van der Waals surface area contributed by atoms with Crippen LogP contribution in [-0.2, 0) is 3.42 Å². The summed E-state index contributed by atoms with van der Waals surface area (Å²) in [6.45, 7) is 2.26. The highest BCUT2D eigenvalue weighted by molar-refractivity contribution is 14.1. The highest BCUT2D eigenvalue weighted by Crippen LogP contribution is 2.46. The van der Waals surface area contributed by atoms with Crippen LogP contribution in [0.4, 0.5) is 5.69 Å². The molecule has 0 saturated carbocycles. The van der Waals surface area contributed by atoms with E-state index in [9.17, 15) is 4.79 Å². The van der Waals surface area contributed by atoms with Crippen molar-refractivity contribution in [1.82, 2.24) is 4.90 Å². The van der Waals surface area contributed by atoms with Gasteiger partial charge in [-0.2, -0.15) is 0 Å². The van der Waals surface area contributed by atoms with Gasteiger partial charge in [0.25, 0.3) is 5.91 Å². The molecular formula is C17H17IN2O. The zero-order valence-electron chi connectivity index (χ0n) is 11.9. The number of nitrogens with zero attached hydrogens (tertiary/aromatic N) is 1. The van der Waals surface area contributed by atoms with Crippen molar-refractivity contribution in [2.45, 2.75) is 16.3 Å². The van der Waals surface area contributed by atoms with Gasteiger partial charge < -0.3 is 10.2 Å². The molecule has 0 aromatic heterocycles. The summed E-state index contributed by atoms with van der Waals surface area (Å²) in [5.74, 6) is 0.0265. The zero-order chi connectivity index (χ0) is 14.6. The Bertz CT molecular complexity index is 748. The van der Waals surface area contributed by atoms with Crippen molar-refractivity contribution in [2.24, 2.45) is 0 Å². The Morgan fingerprint density at radius 1 is 1.19 bits per heavy atom. The largest absolute Gasteiger partial charge is 0.321 e. The average molecular weight is 392 g/mol. The van der Waals surface area contributed by atoms with Crippen LogP contribution >= 0.6 is 22.6 Å². The molecule has 1 N–H and O–H groups in total. The number of amides is 1. The molecule has 2 heterocycles. The average Bonchev–Trinajstić information content (AvgIpc) is 2.81. The summed E-state index contributed by atoms with van der Waals surface area (Å²) in [6, 6.07) is 10.4. The van der Waals surface area contributed by atoms with E-state index in [4.69, 9.17) is 0 Å². The molecular weight excluding hydrogens is 375 g/mol. The lowest BCUT2D eigenvalue weighted by Gasteiger charge is -2.37. The van der Waals surface area contributed by atoms with Crippen molar-refractivity contribution in [3.8, 4) is 0 Å². The lowest BCUT2D eigenvalue weighted by atomic mass is 9.85. The summed E-state index contributed by atoms with van der Waals surface area (Å²) in [5.41, 5.74) is 3.16. The van der Waals surface area contributed by atoms with Gasteiger partial charge >= 0.3 is 0 Å². The monoisotopic (exact) mass is 392 g/mol. The van der Waals surface area contributed by atoms with Crippen LogP contribution in [0.5, 0.6) is 0 Å². The molecule has 4 rings (SSSR count). The first kappa shape index (κ1) is 13.5. The van der Waals surface area contributed by atoms with E-state index in [-0.39, 0.29) is 9.33 Å². The van der Waals surface area contributed by atoms with E-state index in [2.05, 4.69) is 52.0 Å². The van der Waals surface area contributed by atoms with Crippen LogP contribution in [-0.4, -0.2) is 30.9 Å². The van der Waals surface area contributed by atoms with E-state index >= 15 is 0 Å². The third-order valence-electron chi connectivity index (χ3n) is 4.80. The molecule has 21 heavy (non-hydrogen) atoms. The summed E-state index contributed by atoms with van der Waals surface area (Å²) in [6.07, 6.45) is 2.31. The molecule has 4 heteroatoms. The van der Waals surface area contributed by atoms with Gasteiger partial charge in [-0.3, -0.25) is 4.79 Å². The van der Waals surface area contributed by atoms with E-state index in [0.717, 1.165) is 42.6 Å². The van der Waals surface area contributed by atoms with E-state index in [1.165, 1.54) is 10.9 Å². The van der Waals surface area contributed by atoms with E-state index in [1.807, 2.05) is 18.2 Å². The van der Waals surface area contributed by atoms with Crippen LogP contribution in [0.3, 0.4) is 0 Å². The van der Waals surface area contributed by atoms with Crippen LogP contribution in [0.2, 0.25) is 0 Å². The van der Waals surface area contributed by atoms with Gasteiger partial charge in [0, 0.05) is 16.6 Å². The van der Waals surface area contributed by atoms with Gasteiger partial charge in [0.15, 0.2) is 0 Å². The summed E-state index contributed by atoms with van der Waals surface area (Å²) in [4.78, 5) is 14.4. The molecule has 1 amide bonds. The molecule has 0 radical (unpaired) electrons. The smallest absolute Gasteiger partial charge is 0.256 e. The van der Waals surface area contributed by atoms with Gasteiger partial charge in [0.2, 0.25) is 0 Å². The molecule has 2 aromatic rings. The predicted octanol–water partition coefficient (Wildman–Crippen LogP) is 3.76. The van der Waals surface area contributed by atoms with Crippen LogP contribution < -0.4 is 5.32 Å². The third kappa shape index (κ3) is 1.99. The second-order valence-corrected chi connectivity index (χ2v) is 8.18. The molecule has 3 nitrogen and oxygen atoms in total. The second-order valence-electron chi connectivity index (χ2n) is 6.11. The zero-order valence-corrected chi connectivity index (χ0v) is 14.1. The maximum Gasteiger partial charge on any atom is 0.256 e. The topological polar surface area (TPSA) is 32.3 Å². The van der Waals surface area contributed by atoms with Crippen LogP contribution in [0.15, 0.2) is 30.3 Å². The number of nitrogens with one attached hydrogen (secondary N) is 1. The number of anilines is 1. The SMILES string of the molecule is CN1CCC(I)(c2ccc3c4c(cccc24)NC3=O)CC1. The Morgan fingerprint density at radius 2 is 1.95 bits per heavy atom. The highest BCUT2D eigenvalue weighted by Gasteiger charge is 2.35. The van der Waals surface area contributed by atoms with Gasteiger partial charge in [-0.05, 0) is 56.1 Å². The lowest BCUT2D eigenvalue weighted by Crippen LogP contribution is -2.37. The number of rotatable bonds is 1. The second kappa shape index (κ2) is 4.68. The molecule has 1 fully saturated rings. The van der Waals surface area contributed by atoms with Gasteiger partial charge in [-0.25, -0.2) is 0 Å². The molecule has 2 aliphatic heterocycles. The number of hydrogen-bond acceptors (Lipinski definition) is 2. The Balaban J connectivity index is 1.92. The van der Waals surface area contributed by atoms with Crippen molar-refractivity contribution < 1.29 is 4.79 Å². The maximum atomic E-state index is 12.0. The molecule has 108 valence electrons. The first-order valence-corrected chi connectivity index (χ1v) is 8.41. The molecule has 1 saturated heterocycles. The summed E-state index contributed by atoms with van der Waals surface area (Å²) in [5, 5.41) is 5.32. The van der Waals surface area contributed by atoms with Crippen LogP contribution in [0, 0.1) is 0 Å². The van der Waals surface area contributed by atoms with E-state index in [0.29, 0.717) is 0 Å². The Kier molecular flexibility index (Phi) is 3.01. The number of carbonyl (C=O) groups is 1. The third-order valence-corrected chi connectivity index (χ3v) is 6.46. The fourth-order valence-electron chi connectivity index (χ4n) is 3.52. The minimum Gasteiger partial charge on any atom is -0.321 e. The van der Waals surface area contributed by atoms with Crippen molar-refractivity contribution in [3.63, 3.8) is 0 Å². The first-order valence-electron chi connectivity index (χ1n) is 7.33. The number of carbonyl (C=O) groups excluding carboxylic acids is 1. The van der Waals surface area contributed by atoms with Gasteiger partial charge in [-0.1, -0.05) is 40.8 Å². The summed E-state index contributed by atoms with van der Waals surface area (Å²) < 4.78 is 0.174. The number of halogens is 1.